The van der Waals surface area contributed by atoms with Crippen molar-refractivity contribution in [1.82, 2.24) is 0 Å². The molecule has 2 aliphatic carbocycles. The van der Waals surface area contributed by atoms with Gasteiger partial charge in [-0.2, -0.15) is 0 Å². The second-order valence-corrected chi connectivity index (χ2v) is 10.4. The number of thioether (sulfide) groups is 2. The van der Waals surface area contributed by atoms with Crippen molar-refractivity contribution in [3.63, 3.8) is 0 Å². The minimum atomic E-state index is -0.102. The second-order valence-electron chi connectivity index (χ2n) is 5.59. The molecule has 114 valence electrons. The predicted octanol–water partition coefficient (Wildman–Crippen LogP) is 2.57. The molecule has 1 aromatic carbocycles. The Morgan fingerprint density at radius 3 is 2.00 bits per heavy atom. The highest BCUT2D eigenvalue weighted by atomic mass is 32.2. The summed E-state index contributed by atoms with van der Waals surface area (Å²) in [5.41, 5.74) is 5.75. The average molecular weight is 359 g/mol. The smallest absolute Gasteiger partial charge is 0.0517 e. The van der Waals surface area contributed by atoms with Crippen LogP contribution >= 0.6 is 23.5 Å². The van der Waals surface area contributed by atoms with Crippen LogP contribution in [-0.2, 0) is 0 Å². The van der Waals surface area contributed by atoms with Crippen LogP contribution in [-0.4, -0.2) is 31.6 Å². The Labute approximate surface area is 146 Å². The maximum atomic E-state index is 2.47. The molecule has 0 unspecified atom stereocenters. The first kappa shape index (κ1) is 16.2. The molecule has 0 atom stereocenters. The SMILES string of the molecule is C[SiH2]c1cc([SiH2]C)cc(C2=C3C=C(SC)C=C3C(SC)=C2)c1. The normalized spacial score (nSPS) is 17.7. The molecular formula is C18H22S2Si2. The minimum Gasteiger partial charge on any atom is -0.130 e. The van der Waals surface area contributed by atoms with E-state index in [4.69, 9.17) is 0 Å². The van der Waals surface area contributed by atoms with Gasteiger partial charge in [0, 0.05) is 9.81 Å². The average Bonchev–Trinajstić information content (AvgIpc) is 3.12. The van der Waals surface area contributed by atoms with Gasteiger partial charge >= 0.3 is 0 Å². The Balaban J connectivity index is 2.15. The van der Waals surface area contributed by atoms with Crippen molar-refractivity contribution in [3.05, 3.63) is 62.9 Å². The summed E-state index contributed by atoms with van der Waals surface area (Å²) in [6.45, 7) is 4.78. The van der Waals surface area contributed by atoms with E-state index in [1.807, 2.05) is 23.5 Å². The molecule has 0 N–H and O–H groups in total. The molecule has 1 aromatic rings. The first-order chi connectivity index (χ1) is 10.7. The topological polar surface area (TPSA) is 0 Å². The van der Waals surface area contributed by atoms with Gasteiger partial charge in [-0.1, -0.05) is 41.7 Å². The van der Waals surface area contributed by atoms with Gasteiger partial charge in [-0.3, -0.25) is 0 Å². The van der Waals surface area contributed by atoms with Crippen molar-refractivity contribution in [2.24, 2.45) is 0 Å². The van der Waals surface area contributed by atoms with Crippen LogP contribution in [0.15, 0.2) is 57.4 Å². The lowest BCUT2D eigenvalue weighted by Gasteiger charge is -2.09. The van der Waals surface area contributed by atoms with Gasteiger partial charge in [0.25, 0.3) is 0 Å². The number of hydrogen-bond acceptors (Lipinski definition) is 2. The van der Waals surface area contributed by atoms with E-state index in [0.717, 1.165) is 0 Å². The molecule has 0 nitrogen and oxygen atoms in total. The van der Waals surface area contributed by atoms with E-state index in [0.29, 0.717) is 0 Å². The van der Waals surface area contributed by atoms with Crippen molar-refractivity contribution < 1.29 is 0 Å². The molecule has 0 spiro atoms. The zero-order valence-corrected chi connectivity index (χ0v) is 18.2. The third-order valence-corrected chi connectivity index (χ3v) is 8.26. The monoisotopic (exact) mass is 358 g/mol. The van der Waals surface area contributed by atoms with Gasteiger partial charge in [-0.05, 0) is 53.0 Å². The summed E-state index contributed by atoms with van der Waals surface area (Å²) in [6.07, 6.45) is 11.5. The Hall–Kier alpha value is -0.686. The number of fused-ring (bicyclic) bond motifs is 1. The first-order valence-corrected chi connectivity index (χ1v) is 14.5. The highest BCUT2D eigenvalue weighted by Gasteiger charge is 2.25. The lowest BCUT2D eigenvalue weighted by molar-refractivity contribution is 1.63. The summed E-state index contributed by atoms with van der Waals surface area (Å²) in [7, 11) is -0.204. The van der Waals surface area contributed by atoms with E-state index in [9.17, 15) is 0 Å². The maximum absolute atomic E-state index is 2.47. The summed E-state index contributed by atoms with van der Waals surface area (Å²) in [4.78, 5) is 2.80. The second kappa shape index (κ2) is 6.83. The highest BCUT2D eigenvalue weighted by Crippen LogP contribution is 2.46. The van der Waals surface area contributed by atoms with Crippen molar-refractivity contribution in [2.45, 2.75) is 13.1 Å². The van der Waals surface area contributed by atoms with E-state index in [2.05, 4.69) is 62.0 Å². The van der Waals surface area contributed by atoms with Crippen LogP contribution in [0, 0.1) is 0 Å². The molecule has 0 saturated heterocycles. The quantitative estimate of drug-likeness (QED) is 0.742. The summed E-state index contributed by atoms with van der Waals surface area (Å²) in [5.74, 6) is 0. The van der Waals surface area contributed by atoms with Crippen LogP contribution in [0.3, 0.4) is 0 Å². The van der Waals surface area contributed by atoms with Crippen LogP contribution in [0.2, 0.25) is 13.1 Å². The van der Waals surface area contributed by atoms with Gasteiger partial charge in [-0.25, -0.2) is 0 Å². The van der Waals surface area contributed by atoms with Crippen molar-refractivity contribution in [2.75, 3.05) is 12.5 Å². The fraction of sp³-hybridized carbons (Fsp3) is 0.222. The third kappa shape index (κ3) is 2.89. The Kier molecular flexibility index (Phi) is 5.02. The molecule has 0 aliphatic heterocycles. The summed E-state index contributed by atoms with van der Waals surface area (Å²) in [5, 5.41) is 3.22. The largest absolute Gasteiger partial charge is 0.130 e. The van der Waals surface area contributed by atoms with E-state index in [1.54, 1.807) is 10.4 Å². The zero-order chi connectivity index (χ0) is 15.7. The molecule has 4 heteroatoms. The number of rotatable bonds is 5. The summed E-state index contributed by atoms with van der Waals surface area (Å²) in [6, 6.07) is 7.37. The highest BCUT2D eigenvalue weighted by molar-refractivity contribution is 8.03. The lowest BCUT2D eigenvalue weighted by atomic mass is 10.0. The molecule has 3 rings (SSSR count). The van der Waals surface area contributed by atoms with Crippen molar-refractivity contribution in [1.29, 1.82) is 0 Å². The third-order valence-electron chi connectivity index (χ3n) is 4.33. The summed E-state index contributed by atoms with van der Waals surface area (Å²) >= 11 is 3.71. The van der Waals surface area contributed by atoms with E-state index < -0.39 is 0 Å². The molecule has 2 aliphatic rings. The number of benzene rings is 1. The minimum absolute atomic E-state index is 0.102. The molecular weight excluding hydrogens is 337 g/mol. The Morgan fingerprint density at radius 1 is 0.773 bits per heavy atom. The van der Waals surface area contributed by atoms with Crippen molar-refractivity contribution >= 4 is 58.5 Å². The van der Waals surface area contributed by atoms with Gasteiger partial charge in [0.1, 0.15) is 0 Å². The molecule has 0 aromatic heterocycles. The van der Waals surface area contributed by atoms with Crippen LogP contribution in [0.25, 0.3) is 5.57 Å². The van der Waals surface area contributed by atoms with Crippen LogP contribution < -0.4 is 10.4 Å². The number of allylic oxidation sites excluding steroid dienone is 6. The van der Waals surface area contributed by atoms with Crippen LogP contribution in [0.5, 0.6) is 0 Å². The molecule has 0 fully saturated rings. The number of hydrogen-bond donors (Lipinski definition) is 0. The molecule has 0 saturated carbocycles. The maximum Gasteiger partial charge on any atom is 0.0517 e. The first-order valence-electron chi connectivity index (χ1n) is 7.81. The van der Waals surface area contributed by atoms with Crippen LogP contribution in [0.4, 0.5) is 0 Å². The van der Waals surface area contributed by atoms with Gasteiger partial charge in [0.15, 0.2) is 0 Å². The van der Waals surface area contributed by atoms with Gasteiger partial charge < -0.3 is 0 Å². The Bertz CT molecular complexity index is 717. The fourth-order valence-electron chi connectivity index (χ4n) is 3.05. The predicted molar refractivity (Wildman–Crippen MR) is 113 cm³/mol. The lowest BCUT2D eigenvalue weighted by Crippen LogP contribution is -2.22. The van der Waals surface area contributed by atoms with Crippen molar-refractivity contribution in [3.8, 4) is 0 Å². The standard InChI is InChI=1S/C18H22S2Si2/c1-19-12-7-16-15(10-18(20-2)17(16)8-12)11-5-13(21-3)9-14(6-11)22-4/h5-10H,21-22H2,1-4H3. The van der Waals surface area contributed by atoms with E-state index >= 15 is 0 Å². The molecule has 0 bridgehead atoms. The zero-order valence-electron chi connectivity index (χ0n) is 13.7. The summed E-state index contributed by atoms with van der Waals surface area (Å²) < 4.78 is 0. The van der Waals surface area contributed by atoms with E-state index in [1.165, 1.54) is 32.1 Å². The molecule has 0 heterocycles. The fourth-order valence-corrected chi connectivity index (χ4v) is 6.21. The van der Waals surface area contributed by atoms with E-state index in [-0.39, 0.29) is 19.0 Å². The van der Waals surface area contributed by atoms with Gasteiger partial charge in [0.2, 0.25) is 0 Å². The molecule has 0 amide bonds. The molecule has 22 heavy (non-hydrogen) atoms. The van der Waals surface area contributed by atoms with Gasteiger partial charge in [0.05, 0.1) is 19.0 Å². The Morgan fingerprint density at radius 2 is 1.45 bits per heavy atom. The van der Waals surface area contributed by atoms with Gasteiger partial charge in [-0.15, -0.1) is 23.5 Å². The molecule has 0 radical (unpaired) electrons. The van der Waals surface area contributed by atoms with Crippen LogP contribution in [0.1, 0.15) is 5.56 Å².